The van der Waals surface area contributed by atoms with Gasteiger partial charge in [-0.25, -0.2) is 0 Å². The smallest absolute Gasteiger partial charge is 0.221 e. The quantitative estimate of drug-likeness (QED) is 0.0551. The summed E-state index contributed by atoms with van der Waals surface area (Å²) in [7, 11) is 3.80. The van der Waals surface area contributed by atoms with E-state index in [2.05, 4.69) is 73.1 Å². The molecule has 1 amide bonds. The van der Waals surface area contributed by atoms with Crippen LogP contribution >= 0.6 is 0 Å². The molecule has 262 valence electrons. The number of amides is 1. The Labute approximate surface area is 282 Å². The summed E-state index contributed by atoms with van der Waals surface area (Å²) in [6, 6.07) is 0.292. The van der Waals surface area contributed by atoms with Gasteiger partial charge in [-0.3, -0.25) is 4.79 Å². The van der Waals surface area contributed by atoms with E-state index >= 15 is 0 Å². The van der Waals surface area contributed by atoms with Crippen LogP contribution < -0.4 is 10.6 Å². The molecule has 45 heavy (non-hydrogen) atoms. The van der Waals surface area contributed by atoms with Crippen molar-refractivity contribution in [2.24, 2.45) is 5.92 Å². The van der Waals surface area contributed by atoms with E-state index in [-0.39, 0.29) is 5.91 Å². The van der Waals surface area contributed by atoms with Crippen molar-refractivity contribution in [2.75, 3.05) is 14.1 Å². The van der Waals surface area contributed by atoms with Gasteiger partial charge in [-0.15, -0.1) is 0 Å². The van der Waals surface area contributed by atoms with Gasteiger partial charge in [0.05, 0.1) is 0 Å². The summed E-state index contributed by atoms with van der Waals surface area (Å²) in [6.07, 6.45) is 53.0. The minimum Gasteiger partial charge on any atom is -0.359 e. The van der Waals surface area contributed by atoms with Crippen molar-refractivity contribution < 1.29 is 4.79 Å². The number of carbonyl (C=O) groups excluding carboxylic acids is 1. The molecule has 0 aromatic rings. The molecule has 0 rings (SSSR count). The first kappa shape index (κ1) is 43.4. The van der Waals surface area contributed by atoms with Gasteiger partial charge in [0.15, 0.2) is 0 Å². The first-order valence-corrected chi connectivity index (χ1v) is 19.7. The van der Waals surface area contributed by atoms with Crippen molar-refractivity contribution in [1.82, 2.24) is 10.6 Å². The topological polar surface area (TPSA) is 41.1 Å². The molecule has 0 aliphatic heterocycles. The zero-order valence-corrected chi connectivity index (χ0v) is 30.8. The predicted molar refractivity (Wildman–Crippen MR) is 203 cm³/mol. The van der Waals surface area contributed by atoms with E-state index in [1.165, 1.54) is 154 Å². The second-order valence-electron chi connectivity index (χ2n) is 13.3. The van der Waals surface area contributed by atoms with Crippen LogP contribution in [0.5, 0.6) is 0 Å². The number of carbonyl (C=O) groups is 1. The standard InChI is InChI=1S/C42H78N2O/c1-5-7-9-11-13-15-17-19-21-23-25-27-29-31-33-35-37-40(41(43-3)39-42(45)44-4)38-36-34-32-30-28-26-24-22-20-18-16-14-12-10-8-6-2/h13-16,19-22,40-41,43H,5-12,17-18,23-39H2,1-4H3,(H,44,45)/b15-13-,16-14-,21-19-,22-20-. The summed E-state index contributed by atoms with van der Waals surface area (Å²) in [5.41, 5.74) is 0. The van der Waals surface area contributed by atoms with Crippen molar-refractivity contribution in [3.63, 3.8) is 0 Å². The Morgan fingerprint density at radius 1 is 0.489 bits per heavy atom. The van der Waals surface area contributed by atoms with Crippen LogP contribution in [0.25, 0.3) is 0 Å². The zero-order valence-electron chi connectivity index (χ0n) is 30.8. The van der Waals surface area contributed by atoms with Gasteiger partial charge in [0.1, 0.15) is 0 Å². The highest BCUT2D eigenvalue weighted by Crippen LogP contribution is 2.24. The maximum Gasteiger partial charge on any atom is 0.221 e. The number of nitrogens with one attached hydrogen (secondary N) is 2. The largest absolute Gasteiger partial charge is 0.359 e. The zero-order chi connectivity index (χ0) is 32.9. The number of allylic oxidation sites excluding steroid dienone is 8. The highest BCUT2D eigenvalue weighted by molar-refractivity contribution is 5.76. The molecular weight excluding hydrogens is 548 g/mol. The highest BCUT2D eigenvalue weighted by atomic mass is 16.1. The third-order valence-corrected chi connectivity index (χ3v) is 9.18. The van der Waals surface area contributed by atoms with E-state index in [0.29, 0.717) is 18.4 Å². The lowest BCUT2D eigenvalue weighted by molar-refractivity contribution is -0.121. The Morgan fingerprint density at radius 2 is 0.844 bits per heavy atom. The van der Waals surface area contributed by atoms with E-state index in [1.807, 2.05) is 7.05 Å². The first-order valence-electron chi connectivity index (χ1n) is 19.7. The van der Waals surface area contributed by atoms with Gasteiger partial charge in [-0.05, 0) is 90.0 Å². The highest BCUT2D eigenvalue weighted by Gasteiger charge is 2.21. The van der Waals surface area contributed by atoms with Crippen molar-refractivity contribution >= 4 is 5.91 Å². The Bertz CT molecular complexity index is 674. The summed E-state index contributed by atoms with van der Waals surface area (Å²) < 4.78 is 0. The van der Waals surface area contributed by atoms with Crippen LogP contribution in [0.4, 0.5) is 0 Å². The summed E-state index contributed by atoms with van der Waals surface area (Å²) in [4.78, 5) is 12.2. The van der Waals surface area contributed by atoms with Crippen molar-refractivity contribution in [1.29, 1.82) is 0 Å². The molecule has 3 nitrogen and oxygen atoms in total. The van der Waals surface area contributed by atoms with Crippen LogP contribution in [0.15, 0.2) is 48.6 Å². The molecular formula is C42H78N2O. The third-order valence-electron chi connectivity index (χ3n) is 9.18. The molecule has 1 unspecified atom stereocenters. The van der Waals surface area contributed by atoms with Gasteiger partial charge in [-0.1, -0.05) is 152 Å². The summed E-state index contributed by atoms with van der Waals surface area (Å²) in [5.74, 6) is 0.761. The fourth-order valence-electron chi connectivity index (χ4n) is 6.14. The minimum absolute atomic E-state index is 0.161. The molecule has 0 fully saturated rings. The maximum absolute atomic E-state index is 12.2. The lowest BCUT2D eigenvalue weighted by Gasteiger charge is -2.27. The number of rotatable bonds is 34. The Morgan fingerprint density at radius 3 is 1.20 bits per heavy atom. The maximum atomic E-state index is 12.2. The average molecular weight is 627 g/mol. The van der Waals surface area contributed by atoms with Gasteiger partial charge >= 0.3 is 0 Å². The van der Waals surface area contributed by atoms with Crippen LogP contribution in [0.3, 0.4) is 0 Å². The molecule has 0 aliphatic carbocycles. The SMILES string of the molecule is CCCCC/C=C\C/C=C\CCCCCCCCC(CCCCCCCC/C=C\C/C=C\CCCCC)C(CC(=O)NC)NC. The second-order valence-corrected chi connectivity index (χ2v) is 13.3. The van der Waals surface area contributed by atoms with Crippen molar-refractivity contribution in [3.05, 3.63) is 48.6 Å². The molecule has 0 bridgehead atoms. The molecule has 0 radical (unpaired) electrons. The molecule has 0 saturated carbocycles. The third kappa shape index (κ3) is 32.1. The molecule has 1 atom stereocenters. The number of hydrogen-bond acceptors (Lipinski definition) is 2. The Balaban J connectivity index is 4.04. The molecule has 0 saturated heterocycles. The molecule has 3 heteroatoms. The van der Waals surface area contributed by atoms with Crippen LogP contribution in [0.2, 0.25) is 0 Å². The Hall–Kier alpha value is -1.61. The van der Waals surface area contributed by atoms with E-state index in [9.17, 15) is 4.79 Å². The van der Waals surface area contributed by atoms with E-state index in [0.717, 1.165) is 12.8 Å². The van der Waals surface area contributed by atoms with Crippen LogP contribution in [0.1, 0.15) is 187 Å². The van der Waals surface area contributed by atoms with E-state index < -0.39 is 0 Å². The fraction of sp³-hybridized carbons (Fsp3) is 0.786. The van der Waals surface area contributed by atoms with Crippen LogP contribution in [0, 0.1) is 5.92 Å². The normalized spacial score (nSPS) is 13.0. The Kier molecular flexibility index (Phi) is 35.5. The minimum atomic E-state index is 0.161. The van der Waals surface area contributed by atoms with Gasteiger partial charge in [0.25, 0.3) is 0 Å². The van der Waals surface area contributed by atoms with Crippen molar-refractivity contribution in [2.45, 2.75) is 193 Å². The van der Waals surface area contributed by atoms with Crippen LogP contribution in [-0.2, 0) is 4.79 Å². The number of unbranched alkanes of at least 4 members (excludes halogenated alkanes) is 18. The monoisotopic (exact) mass is 627 g/mol. The molecule has 0 heterocycles. The summed E-state index contributed by atoms with van der Waals surface area (Å²) >= 11 is 0. The molecule has 2 N–H and O–H groups in total. The van der Waals surface area contributed by atoms with Crippen molar-refractivity contribution in [3.8, 4) is 0 Å². The first-order chi connectivity index (χ1) is 22.2. The fourth-order valence-corrected chi connectivity index (χ4v) is 6.14. The van der Waals surface area contributed by atoms with Gasteiger partial charge in [0.2, 0.25) is 5.91 Å². The van der Waals surface area contributed by atoms with E-state index in [4.69, 9.17) is 0 Å². The van der Waals surface area contributed by atoms with Gasteiger partial charge < -0.3 is 10.6 Å². The molecule has 0 aromatic carbocycles. The second kappa shape index (κ2) is 36.9. The average Bonchev–Trinajstić information content (AvgIpc) is 3.05. The van der Waals surface area contributed by atoms with Gasteiger partial charge in [0, 0.05) is 19.5 Å². The summed E-state index contributed by atoms with van der Waals surface area (Å²) in [6.45, 7) is 4.53. The van der Waals surface area contributed by atoms with Crippen LogP contribution in [-0.4, -0.2) is 26.0 Å². The lowest BCUT2D eigenvalue weighted by Crippen LogP contribution is -2.38. The summed E-state index contributed by atoms with van der Waals surface area (Å²) in [5, 5.41) is 6.33. The lowest BCUT2D eigenvalue weighted by atomic mass is 9.86. The van der Waals surface area contributed by atoms with E-state index in [1.54, 1.807) is 7.05 Å². The predicted octanol–water partition coefficient (Wildman–Crippen LogP) is 12.7. The molecule has 0 aliphatic rings. The molecule has 0 spiro atoms. The molecule has 0 aromatic heterocycles. The van der Waals surface area contributed by atoms with Gasteiger partial charge in [-0.2, -0.15) is 0 Å². The number of hydrogen-bond donors (Lipinski definition) is 2.